The summed E-state index contributed by atoms with van der Waals surface area (Å²) >= 11 is 0. The van der Waals surface area contributed by atoms with E-state index in [2.05, 4.69) is 5.32 Å². The molecule has 4 nitrogen and oxygen atoms in total. The number of hydrogen-bond donors (Lipinski definition) is 2. The topological polar surface area (TPSA) is 58.4 Å². The van der Waals surface area contributed by atoms with Crippen molar-refractivity contribution in [3.63, 3.8) is 0 Å². The van der Waals surface area contributed by atoms with Gasteiger partial charge in [0.15, 0.2) is 0 Å². The summed E-state index contributed by atoms with van der Waals surface area (Å²) in [5, 5.41) is 3.15. The first-order valence-corrected chi connectivity index (χ1v) is 4.23. The lowest BCUT2D eigenvalue weighted by Gasteiger charge is -2.23. The van der Waals surface area contributed by atoms with Gasteiger partial charge in [-0.25, -0.2) is 0 Å². The van der Waals surface area contributed by atoms with Gasteiger partial charge in [-0.1, -0.05) is 0 Å². The van der Waals surface area contributed by atoms with Crippen molar-refractivity contribution in [2.24, 2.45) is 5.73 Å². The summed E-state index contributed by atoms with van der Waals surface area (Å²) < 4.78 is 0. The van der Waals surface area contributed by atoms with Crippen LogP contribution in [0.15, 0.2) is 0 Å². The summed E-state index contributed by atoms with van der Waals surface area (Å²) in [6, 6.07) is 0.231. The molecule has 3 N–H and O–H groups in total. The Bertz CT molecular complexity index is 138. The third kappa shape index (κ3) is 4.31. The lowest BCUT2D eigenvalue weighted by molar-refractivity contribution is -0.129. The molecule has 0 aromatic heterocycles. The molecule has 0 heterocycles. The van der Waals surface area contributed by atoms with Crippen LogP contribution >= 0.6 is 0 Å². The summed E-state index contributed by atoms with van der Waals surface area (Å²) in [6.45, 7) is 5.81. The van der Waals surface area contributed by atoms with Crippen molar-refractivity contribution in [3.8, 4) is 0 Å². The van der Waals surface area contributed by atoms with E-state index in [0.717, 1.165) is 13.1 Å². The molecule has 0 aliphatic rings. The van der Waals surface area contributed by atoms with Gasteiger partial charge in [-0.3, -0.25) is 4.79 Å². The molecule has 72 valence electrons. The molecule has 0 saturated heterocycles. The van der Waals surface area contributed by atoms with Crippen LogP contribution < -0.4 is 11.1 Å². The Kier molecular flexibility index (Phi) is 5.66. The molecule has 0 fully saturated rings. The summed E-state index contributed by atoms with van der Waals surface area (Å²) in [5.74, 6) is 0.0945. The van der Waals surface area contributed by atoms with Gasteiger partial charge in [0, 0.05) is 39.6 Å². The Morgan fingerprint density at radius 2 is 2.25 bits per heavy atom. The maximum Gasteiger partial charge on any atom is 0.219 e. The van der Waals surface area contributed by atoms with Gasteiger partial charge in [-0.05, 0) is 6.92 Å². The Labute approximate surface area is 74.1 Å². The van der Waals surface area contributed by atoms with Crippen LogP contribution in [0.5, 0.6) is 0 Å². The number of amides is 1. The van der Waals surface area contributed by atoms with Crippen molar-refractivity contribution in [3.05, 3.63) is 0 Å². The first kappa shape index (κ1) is 11.4. The molecule has 1 atom stereocenters. The highest BCUT2D eigenvalue weighted by Gasteiger charge is 2.09. The van der Waals surface area contributed by atoms with Crippen molar-refractivity contribution in [2.75, 3.05) is 26.7 Å². The van der Waals surface area contributed by atoms with Crippen molar-refractivity contribution in [1.82, 2.24) is 10.2 Å². The van der Waals surface area contributed by atoms with Gasteiger partial charge in [0.25, 0.3) is 0 Å². The lowest BCUT2D eigenvalue weighted by atomic mass is 10.3. The number of nitrogens with zero attached hydrogens (tertiary/aromatic N) is 1. The molecule has 0 aromatic carbocycles. The normalized spacial score (nSPS) is 12.7. The molecule has 0 spiro atoms. The Balaban J connectivity index is 3.56. The van der Waals surface area contributed by atoms with Crippen LogP contribution in [0.4, 0.5) is 0 Å². The first-order valence-electron chi connectivity index (χ1n) is 4.23. The van der Waals surface area contributed by atoms with Gasteiger partial charge in [-0.2, -0.15) is 0 Å². The number of likely N-dealkylation sites (N-methyl/N-ethyl adjacent to an activating group) is 1. The second-order valence-electron chi connectivity index (χ2n) is 2.97. The quantitative estimate of drug-likeness (QED) is 0.546. The highest BCUT2D eigenvalue weighted by atomic mass is 16.2. The molecule has 1 unspecified atom stereocenters. The average molecular weight is 173 g/mol. The van der Waals surface area contributed by atoms with Crippen LogP contribution in [0.25, 0.3) is 0 Å². The van der Waals surface area contributed by atoms with E-state index in [0.29, 0.717) is 6.54 Å². The minimum Gasteiger partial charge on any atom is -0.342 e. The van der Waals surface area contributed by atoms with E-state index in [4.69, 9.17) is 5.73 Å². The zero-order valence-electron chi connectivity index (χ0n) is 8.13. The number of nitrogens with two attached hydrogens (primary N) is 1. The Hall–Kier alpha value is -0.610. The molecular formula is C8H19N3O. The van der Waals surface area contributed by atoms with Gasteiger partial charge in [0.1, 0.15) is 0 Å². The fourth-order valence-electron chi connectivity index (χ4n) is 0.860. The van der Waals surface area contributed by atoms with Gasteiger partial charge >= 0.3 is 0 Å². The van der Waals surface area contributed by atoms with Crippen LogP contribution in [0.2, 0.25) is 0 Å². The van der Waals surface area contributed by atoms with Crippen molar-refractivity contribution >= 4 is 5.91 Å². The van der Waals surface area contributed by atoms with Crippen LogP contribution in [0, 0.1) is 0 Å². The lowest BCUT2D eigenvalue weighted by Crippen LogP contribution is -2.41. The maximum atomic E-state index is 10.9. The van der Waals surface area contributed by atoms with Crippen LogP contribution in [-0.2, 0) is 4.79 Å². The standard InChI is InChI=1S/C8H19N3O/c1-7(6-10-5-4-9)11(3)8(2)12/h7,10H,4-6,9H2,1-3H3. The summed E-state index contributed by atoms with van der Waals surface area (Å²) in [6.07, 6.45) is 0. The monoisotopic (exact) mass is 173 g/mol. The minimum atomic E-state index is 0.0945. The number of carbonyl (C=O) groups excluding carboxylic acids is 1. The number of nitrogens with one attached hydrogen (secondary N) is 1. The van der Waals surface area contributed by atoms with Gasteiger partial charge in [0.2, 0.25) is 5.91 Å². The van der Waals surface area contributed by atoms with Gasteiger partial charge in [0.05, 0.1) is 0 Å². The van der Waals surface area contributed by atoms with Crippen molar-refractivity contribution in [2.45, 2.75) is 19.9 Å². The Morgan fingerprint density at radius 1 is 1.67 bits per heavy atom. The SMILES string of the molecule is CC(=O)N(C)C(C)CNCCN. The summed E-state index contributed by atoms with van der Waals surface area (Å²) in [7, 11) is 1.80. The second kappa shape index (κ2) is 5.97. The van der Waals surface area contributed by atoms with E-state index in [1.807, 2.05) is 6.92 Å². The zero-order valence-corrected chi connectivity index (χ0v) is 8.13. The highest BCUT2D eigenvalue weighted by molar-refractivity contribution is 5.73. The molecule has 0 bridgehead atoms. The zero-order chi connectivity index (χ0) is 9.56. The van der Waals surface area contributed by atoms with E-state index in [1.165, 1.54) is 0 Å². The first-order chi connectivity index (χ1) is 5.59. The molecular weight excluding hydrogens is 154 g/mol. The number of rotatable bonds is 5. The fourth-order valence-corrected chi connectivity index (χ4v) is 0.860. The van der Waals surface area contributed by atoms with E-state index in [1.54, 1.807) is 18.9 Å². The molecule has 0 aromatic rings. The van der Waals surface area contributed by atoms with E-state index in [9.17, 15) is 4.79 Å². The van der Waals surface area contributed by atoms with Crippen LogP contribution in [-0.4, -0.2) is 43.5 Å². The molecule has 1 amide bonds. The van der Waals surface area contributed by atoms with E-state index >= 15 is 0 Å². The summed E-state index contributed by atoms with van der Waals surface area (Å²) in [4.78, 5) is 12.6. The average Bonchev–Trinajstić information content (AvgIpc) is 2.03. The van der Waals surface area contributed by atoms with Crippen molar-refractivity contribution in [1.29, 1.82) is 0 Å². The number of carbonyl (C=O) groups is 1. The second-order valence-corrected chi connectivity index (χ2v) is 2.97. The minimum absolute atomic E-state index is 0.0945. The Morgan fingerprint density at radius 3 is 2.67 bits per heavy atom. The fraction of sp³-hybridized carbons (Fsp3) is 0.875. The number of hydrogen-bond acceptors (Lipinski definition) is 3. The predicted molar refractivity (Wildman–Crippen MR) is 49.8 cm³/mol. The molecule has 0 saturated carbocycles. The smallest absolute Gasteiger partial charge is 0.219 e. The van der Waals surface area contributed by atoms with Crippen LogP contribution in [0.1, 0.15) is 13.8 Å². The van der Waals surface area contributed by atoms with E-state index < -0.39 is 0 Å². The van der Waals surface area contributed by atoms with Crippen LogP contribution in [0.3, 0.4) is 0 Å². The molecule has 4 heteroatoms. The molecule has 0 radical (unpaired) electrons. The van der Waals surface area contributed by atoms with Gasteiger partial charge < -0.3 is 16.0 Å². The van der Waals surface area contributed by atoms with E-state index in [-0.39, 0.29) is 11.9 Å². The molecule has 0 aliphatic carbocycles. The third-order valence-electron chi connectivity index (χ3n) is 1.92. The molecule has 12 heavy (non-hydrogen) atoms. The highest BCUT2D eigenvalue weighted by Crippen LogP contribution is 1.93. The molecule has 0 rings (SSSR count). The van der Waals surface area contributed by atoms with Gasteiger partial charge in [-0.15, -0.1) is 0 Å². The largest absolute Gasteiger partial charge is 0.342 e. The van der Waals surface area contributed by atoms with Crippen molar-refractivity contribution < 1.29 is 4.79 Å². The molecule has 0 aliphatic heterocycles. The maximum absolute atomic E-state index is 10.9. The summed E-state index contributed by atoms with van der Waals surface area (Å²) in [5.41, 5.74) is 5.31. The predicted octanol–water partition coefficient (Wildman–Crippen LogP) is -0.598. The third-order valence-corrected chi connectivity index (χ3v) is 1.92.